The van der Waals surface area contributed by atoms with Crippen LogP contribution in [0, 0.1) is 5.92 Å². The van der Waals surface area contributed by atoms with E-state index in [4.69, 9.17) is 4.74 Å². The van der Waals surface area contributed by atoms with Gasteiger partial charge in [-0.3, -0.25) is 14.4 Å². The first-order chi connectivity index (χ1) is 17.1. The van der Waals surface area contributed by atoms with E-state index in [1.807, 2.05) is 72.8 Å². The van der Waals surface area contributed by atoms with Crippen LogP contribution in [0.2, 0.25) is 0 Å². The molecule has 1 fully saturated rings. The number of aromatic nitrogens is 1. The van der Waals surface area contributed by atoms with Crippen LogP contribution in [0.4, 0.5) is 5.69 Å². The number of aromatic amines is 1. The second-order valence-electron chi connectivity index (χ2n) is 8.44. The van der Waals surface area contributed by atoms with E-state index in [1.54, 1.807) is 12.1 Å². The maximum atomic E-state index is 13.7. The van der Waals surface area contributed by atoms with Gasteiger partial charge in [0.25, 0.3) is 0 Å². The molecule has 0 saturated carbocycles. The lowest BCUT2D eigenvalue weighted by atomic mass is 9.83. The monoisotopic (exact) mass is 500 g/mol. The summed E-state index contributed by atoms with van der Waals surface area (Å²) in [6.45, 7) is 0.415. The highest BCUT2D eigenvalue weighted by molar-refractivity contribution is 8.00. The van der Waals surface area contributed by atoms with Crippen LogP contribution >= 0.6 is 23.1 Å². The van der Waals surface area contributed by atoms with Gasteiger partial charge in [-0.05, 0) is 35.4 Å². The van der Waals surface area contributed by atoms with Gasteiger partial charge in [-0.2, -0.15) is 0 Å². The number of nitrogens with one attached hydrogen (secondary N) is 1. The summed E-state index contributed by atoms with van der Waals surface area (Å²) in [5.74, 6) is -0.870. The average Bonchev–Trinajstić information content (AvgIpc) is 3.38. The van der Waals surface area contributed by atoms with Crippen molar-refractivity contribution in [3.63, 3.8) is 0 Å². The molecule has 3 atom stereocenters. The minimum Gasteiger partial charge on any atom is -0.489 e. The Bertz CT molecular complexity index is 1470. The van der Waals surface area contributed by atoms with Crippen LogP contribution in [0.1, 0.15) is 21.9 Å². The quantitative estimate of drug-likeness (QED) is 0.398. The van der Waals surface area contributed by atoms with Crippen molar-refractivity contribution in [3.05, 3.63) is 111 Å². The highest BCUT2D eigenvalue weighted by atomic mass is 32.2. The molecule has 0 bridgehead atoms. The highest BCUT2D eigenvalue weighted by Crippen LogP contribution is 2.53. The predicted octanol–water partition coefficient (Wildman–Crippen LogP) is 4.81. The summed E-state index contributed by atoms with van der Waals surface area (Å²) < 4.78 is 6.03. The number of rotatable bonds is 5. The number of hydrogen-bond donors (Lipinski definition) is 1. The topological polar surface area (TPSA) is 79.5 Å². The lowest BCUT2D eigenvalue weighted by molar-refractivity contribution is -0.122. The molecule has 0 spiro atoms. The molecule has 0 aliphatic carbocycles. The normalized spacial score (nSPS) is 21.0. The Kier molecular flexibility index (Phi) is 5.54. The van der Waals surface area contributed by atoms with Gasteiger partial charge in [0.1, 0.15) is 17.6 Å². The molecule has 6 nitrogen and oxygen atoms in total. The number of benzene rings is 3. The van der Waals surface area contributed by atoms with Gasteiger partial charge in [-0.1, -0.05) is 83.8 Å². The fraction of sp³-hybridized carbons (Fsp3) is 0.148. The average molecular weight is 501 g/mol. The first-order valence-corrected chi connectivity index (χ1v) is 12.9. The van der Waals surface area contributed by atoms with Crippen LogP contribution in [0.5, 0.6) is 5.75 Å². The van der Waals surface area contributed by atoms with E-state index in [0.29, 0.717) is 23.1 Å². The molecular formula is C27H20N2O4S2. The van der Waals surface area contributed by atoms with E-state index in [9.17, 15) is 14.4 Å². The third-order valence-corrected chi connectivity index (χ3v) is 8.70. The largest absolute Gasteiger partial charge is 0.489 e. The molecule has 0 radical (unpaired) electrons. The van der Waals surface area contributed by atoms with Crippen LogP contribution < -0.4 is 14.5 Å². The number of para-hydroxylation sites is 1. The van der Waals surface area contributed by atoms with Crippen LogP contribution in [0.15, 0.2) is 94.7 Å². The SMILES string of the molecule is O=C1C2Sc3[nH]c(=O)sc3[C@H](c3cccc(OCc4ccccc4)c3)C2C(=O)N1c1ccccc1. The van der Waals surface area contributed by atoms with Crippen molar-refractivity contribution in [1.29, 1.82) is 0 Å². The number of nitrogens with zero attached hydrogens (tertiary/aromatic N) is 1. The molecule has 3 heterocycles. The number of carbonyl (C=O) groups is 2. The molecule has 4 aromatic rings. The molecule has 174 valence electrons. The number of imide groups is 1. The van der Waals surface area contributed by atoms with Crippen molar-refractivity contribution < 1.29 is 14.3 Å². The number of carbonyl (C=O) groups excluding carboxylic acids is 2. The Hall–Kier alpha value is -3.62. The van der Waals surface area contributed by atoms with Gasteiger partial charge < -0.3 is 9.72 Å². The fourth-order valence-electron chi connectivity index (χ4n) is 4.75. The van der Waals surface area contributed by atoms with E-state index >= 15 is 0 Å². The third kappa shape index (κ3) is 3.88. The van der Waals surface area contributed by atoms with E-state index in [2.05, 4.69) is 4.98 Å². The van der Waals surface area contributed by atoms with Crippen molar-refractivity contribution in [2.75, 3.05) is 4.90 Å². The second-order valence-corrected chi connectivity index (χ2v) is 10.6. The summed E-state index contributed by atoms with van der Waals surface area (Å²) in [6, 6.07) is 26.5. The Labute approximate surface area is 209 Å². The zero-order valence-corrected chi connectivity index (χ0v) is 20.1. The fourth-order valence-corrected chi connectivity index (χ4v) is 7.26. The van der Waals surface area contributed by atoms with E-state index < -0.39 is 17.1 Å². The van der Waals surface area contributed by atoms with Gasteiger partial charge in [-0.25, -0.2) is 4.90 Å². The van der Waals surface area contributed by atoms with Crippen LogP contribution in [-0.2, 0) is 16.2 Å². The summed E-state index contributed by atoms with van der Waals surface area (Å²) in [7, 11) is 0. The number of H-pyrrole nitrogens is 1. The van der Waals surface area contributed by atoms with Crippen molar-refractivity contribution in [2.24, 2.45) is 5.92 Å². The molecule has 6 rings (SSSR count). The number of amides is 2. The maximum absolute atomic E-state index is 13.7. The van der Waals surface area contributed by atoms with Crippen molar-refractivity contribution >= 4 is 40.6 Å². The van der Waals surface area contributed by atoms with Gasteiger partial charge in [0, 0.05) is 10.8 Å². The summed E-state index contributed by atoms with van der Waals surface area (Å²) in [4.78, 5) is 44.2. The number of anilines is 1. The molecule has 3 aromatic carbocycles. The lowest BCUT2D eigenvalue weighted by Gasteiger charge is -2.30. The lowest BCUT2D eigenvalue weighted by Crippen LogP contribution is -2.32. The molecular weight excluding hydrogens is 480 g/mol. The summed E-state index contributed by atoms with van der Waals surface area (Å²) >= 11 is 2.38. The van der Waals surface area contributed by atoms with E-state index in [0.717, 1.165) is 27.3 Å². The van der Waals surface area contributed by atoms with Gasteiger partial charge in [0.15, 0.2) is 0 Å². The van der Waals surface area contributed by atoms with Crippen LogP contribution in [0.25, 0.3) is 0 Å². The molecule has 2 amide bonds. The minimum atomic E-state index is -0.615. The Morgan fingerprint density at radius 3 is 2.37 bits per heavy atom. The summed E-state index contributed by atoms with van der Waals surface area (Å²) in [5.41, 5.74) is 2.46. The van der Waals surface area contributed by atoms with E-state index in [1.165, 1.54) is 16.7 Å². The zero-order valence-electron chi connectivity index (χ0n) is 18.4. The molecule has 2 unspecified atom stereocenters. The summed E-state index contributed by atoms with van der Waals surface area (Å²) in [6.07, 6.45) is 0. The predicted molar refractivity (Wildman–Crippen MR) is 136 cm³/mol. The number of thioether (sulfide) groups is 1. The second kappa shape index (κ2) is 8.87. The zero-order chi connectivity index (χ0) is 23.9. The Morgan fingerprint density at radius 1 is 0.857 bits per heavy atom. The number of hydrogen-bond acceptors (Lipinski definition) is 6. The van der Waals surface area contributed by atoms with Crippen molar-refractivity contribution in [1.82, 2.24) is 4.98 Å². The van der Waals surface area contributed by atoms with E-state index in [-0.39, 0.29) is 16.7 Å². The number of ether oxygens (including phenoxy) is 1. The number of thiazole rings is 1. The van der Waals surface area contributed by atoms with Gasteiger partial charge in [0.2, 0.25) is 11.8 Å². The van der Waals surface area contributed by atoms with Crippen LogP contribution in [0.3, 0.4) is 0 Å². The van der Waals surface area contributed by atoms with Crippen molar-refractivity contribution in [2.45, 2.75) is 22.8 Å². The third-order valence-electron chi connectivity index (χ3n) is 6.30. The molecule has 2 aliphatic heterocycles. The molecule has 2 aliphatic rings. The molecule has 1 aromatic heterocycles. The smallest absolute Gasteiger partial charge is 0.305 e. The van der Waals surface area contributed by atoms with Gasteiger partial charge >= 0.3 is 4.87 Å². The Balaban J connectivity index is 1.39. The molecule has 35 heavy (non-hydrogen) atoms. The van der Waals surface area contributed by atoms with Gasteiger partial charge in [-0.15, -0.1) is 0 Å². The first-order valence-electron chi connectivity index (χ1n) is 11.2. The maximum Gasteiger partial charge on any atom is 0.305 e. The minimum absolute atomic E-state index is 0.191. The standard InChI is InChI=1S/C27H20N2O4S2/c30-25-21-20(17-10-7-13-19(14-17)33-15-16-8-3-1-4-9-16)22-24(28-27(32)35-22)34-23(21)26(31)29(25)18-11-5-2-6-12-18/h1-14,20-21,23H,15H2,(H,28,32)/t20-,21?,23?/m1/s1. The molecule has 8 heteroatoms. The highest BCUT2D eigenvalue weighted by Gasteiger charge is 2.56. The molecule has 1 N–H and O–H groups in total. The van der Waals surface area contributed by atoms with Crippen molar-refractivity contribution in [3.8, 4) is 5.75 Å². The number of fused-ring (bicyclic) bond motifs is 2. The summed E-state index contributed by atoms with van der Waals surface area (Å²) in [5, 5.41) is 0.0530. The Morgan fingerprint density at radius 2 is 1.60 bits per heavy atom. The van der Waals surface area contributed by atoms with Gasteiger partial charge in [0.05, 0.1) is 16.6 Å². The molecule has 1 saturated heterocycles. The first kappa shape index (κ1) is 21.9. The van der Waals surface area contributed by atoms with Crippen LogP contribution in [-0.4, -0.2) is 22.0 Å².